The highest BCUT2D eigenvalue weighted by Crippen LogP contribution is 2.32. The van der Waals surface area contributed by atoms with E-state index in [1.165, 1.54) is 5.01 Å². The van der Waals surface area contributed by atoms with Crippen LogP contribution in [0.5, 0.6) is 5.75 Å². The zero-order valence-corrected chi connectivity index (χ0v) is 11.8. The molecular weight excluding hydrogens is 296 g/mol. The summed E-state index contributed by atoms with van der Waals surface area (Å²) in [6.45, 7) is 0. The first-order valence-corrected chi connectivity index (χ1v) is 6.58. The average molecular weight is 313 g/mol. The van der Waals surface area contributed by atoms with Crippen molar-refractivity contribution < 1.29 is 4.74 Å². The standard InChI is InChI=1S/C12H17BrN4O/c1-17(15)12(16-14)8-6-11(7-8)18-10-4-2-9(13)3-5-10/h2-5,8,11H,6-7,14-15H2,1H3/b16-12-. The van der Waals surface area contributed by atoms with Crippen LogP contribution in [0.15, 0.2) is 33.8 Å². The second kappa shape index (κ2) is 5.58. The van der Waals surface area contributed by atoms with E-state index < -0.39 is 0 Å². The van der Waals surface area contributed by atoms with E-state index in [2.05, 4.69) is 21.0 Å². The van der Waals surface area contributed by atoms with E-state index >= 15 is 0 Å². The number of hydrogen-bond donors (Lipinski definition) is 2. The normalized spacial score (nSPS) is 23.4. The lowest BCUT2D eigenvalue weighted by Gasteiger charge is -2.37. The van der Waals surface area contributed by atoms with Crippen LogP contribution in [0.1, 0.15) is 12.8 Å². The Labute approximate surface area is 115 Å². The molecule has 6 heteroatoms. The van der Waals surface area contributed by atoms with Crippen LogP contribution in [0.2, 0.25) is 0 Å². The maximum atomic E-state index is 5.83. The van der Waals surface area contributed by atoms with Gasteiger partial charge in [-0.05, 0) is 37.1 Å². The van der Waals surface area contributed by atoms with E-state index in [0.29, 0.717) is 5.92 Å². The van der Waals surface area contributed by atoms with Gasteiger partial charge in [0.25, 0.3) is 0 Å². The van der Waals surface area contributed by atoms with Gasteiger partial charge in [-0.2, -0.15) is 5.10 Å². The summed E-state index contributed by atoms with van der Waals surface area (Å²) in [5, 5.41) is 5.19. The van der Waals surface area contributed by atoms with Crippen molar-refractivity contribution in [1.82, 2.24) is 5.01 Å². The smallest absolute Gasteiger partial charge is 0.141 e. The fourth-order valence-electron chi connectivity index (χ4n) is 2.06. The van der Waals surface area contributed by atoms with E-state index in [1.807, 2.05) is 24.3 Å². The highest BCUT2D eigenvalue weighted by Gasteiger charge is 2.35. The summed E-state index contributed by atoms with van der Waals surface area (Å²) in [5.41, 5.74) is 0. The molecule has 0 bridgehead atoms. The summed E-state index contributed by atoms with van der Waals surface area (Å²) < 4.78 is 6.88. The molecule has 1 aliphatic rings. The second-order valence-electron chi connectivity index (χ2n) is 4.46. The molecule has 0 saturated heterocycles. The number of nitrogens with two attached hydrogens (primary N) is 2. The monoisotopic (exact) mass is 312 g/mol. The molecule has 0 unspecified atom stereocenters. The van der Waals surface area contributed by atoms with Crippen molar-refractivity contribution >= 4 is 21.8 Å². The third kappa shape index (κ3) is 2.94. The molecule has 98 valence electrons. The van der Waals surface area contributed by atoms with Gasteiger partial charge >= 0.3 is 0 Å². The molecule has 0 aromatic heterocycles. The number of rotatable bonds is 3. The number of halogens is 1. The van der Waals surface area contributed by atoms with Crippen molar-refractivity contribution in [2.75, 3.05) is 7.05 Å². The minimum Gasteiger partial charge on any atom is -0.490 e. The maximum Gasteiger partial charge on any atom is 0.141 e. The fourth-order valence-corrected chi connectivity index (χ4v) is 2.33. The van der Waals surface area contributed by atoms with E-state index in [0.717, 1.165) is 28.9 Å². The van der Waals surface area contributed by atoms with E-state index in [4.69, 9.17) is 16.4 Å². The molecule has 0 heterocycles. The first-order valence-electron chi connectivity index (χ1n) is 5.78. The molecule has 0 aliphatic heterocycles. The highest BCUT2D eigenvalue weighted by atomic mass is 79.9. The Morgan fingerprint density at radius 1 is 1.39 bits per heavy atom. The zero-order valence-electron chi connectivity index (χ0n) is 10.2. The van der Waals surface area contributed by atoms with Gasteiger partial charge in [0.2, 0.25) is 0 Å². The lowest BCUT2D eigenvalue weighted by Crippen LogP contribution is -2.47. The van der Waals surface area contributed by atoms with Gasteiger partial charge in [0.15, 0.2) is 0 Å². The zero-order chi connectivity index (χ0) is 13.1. The van der Waals surface area contributed by atoms with Gasteiger partial charge in [-0.25, -0.2) is 5.84 Å². The summed E-state index contributed by atoms with van der Waals surface area (Å²) in [7, 11) is 1.74. The van der Waals surface area contributed by atoms with Crippen molar-refractivity contribution in [2.24, 2.45) is 22.7 Å². The molecule has 18 heavy (non-hydrogen) atoms. The topological polar surface area (TPSA) is 76.9 Å². The minimum atomic E-state index is 0.216. The minimum absolute atomic E-state index is 0.216. The first kappa shape index (κ1) is 13.2. The molecule has 1 aromatic carbocycles. The van der Waals surface area contributed by atoms with Gasteiger partial charge < -0.3 is 10.6 Å². The van der Waals surface area contributed by atoms with Crippen LogP contribution < -0.4 is 16.4 Å². The van der Waals surface area contributed by atoms with Crippen LogP contribution in [0.25, 0.3) is 0 Å². The summed E-state index contributed by atoms with van der Waals surface area (Å²) in [5.74, 6) is 12.9. The lowest BCUT2D eigenvalue weighted by atomic mass is 9.81. The molecule has 4 N–H and O–H groups in total. The number of ether oxygens (including phenoxy) is 1. The van der Waals surface area contributed by atoms with Gasteiger partial charge in [-0.15, -0.1) is 0 Å². The van der Waals surface area contributed by atoms with Crippen molar-refractivity contribution in [3.8, 4) is 5.75 Å². The number of amidine groups is 1. The van der Waals surface area contributed by atoms with Crippen LogP contribution in [-0.4, -0.2) is 24.0 Å². The van der Waals surface area contributed by atoms with Crippen molar-refractivity contribution in [1.29, 1.82) is 0 Å². The molecule has 0 radical (unpaired) electrons. The molecule has 1 aliphatic carbocycles. The molecule has 5 nitrogen and oxygen atoms in total. The third-order valence-electron chi connectivity index (χ3n) is 3.07. The molecular formula is C12H17BrN4O. The van der Waals surface area contributed by atoms with Crippen LogP contribution in [0.3, 0.4) is 0 Å². The second-order valence-corrected chi connectivity index (χ2v) is 5.38. The molecule has 1 aromatic rings. The van der Waals surface area contributed by atoms with E-state index in [1.54, 1.807) is 7.05 Å². The summed E-state index contributed by atoms with van der Waals surface area (Å²) in [6, 6.07) is 7.83. The largest absolute Gasteiger partial charge is 0.490 e. The Bertz CT molecular complexity index is 426. The van der Waals surface area contributed by atoms with E-state index in [-0.39, 0.29) is 6.10 Å². The predicted molar refractivity (Wildman–Crippen MR) is 74.9 cm³/mol. The Kier molecular flexibility index (Phi) is 4.08. The SMILES string of the molecule is CN(N)/C(=N\N)C1CC(Oc2ccc(Br)cc2)C1. The first-order chi connectivity index (χ1) is 8.60. The molecule has 1 saturated carbocycles. The maximum absolute atomic E-state index is 5.83. The summed E-state index contributed by atoms with van der Waals surface area (Å²) >= 11 is 3.39. The average Bonchev–Trinajstić information content (AvgIpc) is 2.28. The molecule has 2 rings (SSSR count). The quantitative estimate of drug-likeness (QED) is 0.385. The third-order valence-corrected chi connectivity index (χ3v) is 3.60. The van der Waals surface area contributed by atoms with Crippen molar-refractivity contribution in [3.63, 3.8) is 0 Å². The summed E-state index contributed by atoms with van der Waals surface area (Å²) in [4.78, 5) is 0. The van der Waals surface area contributed by atoms with Crippen LogP contribution in [0.4, 0.5) is 0 Å². The Morgan fingerprint density at radius 2 is 2.00 bits per heavy atom. The van der Waals surface area contributed by atoms with Crippen molar-refractivity contribution in [2.45, 2.75) is 18.9 Å². The lowest BCUT2D eigenvalue weighted by molar-refractivity contribution is 0.0890. The van der Waals surface area contributed by atoms with Crippen LogP contribution in [-0.2, 0) is 0 Å². The summed E-state index contributed by atoms with van der Waals surface area (Å²) in [6.07, 6.45) is 2.01. The number of hydrazine groups is 1. The van der Waals surface area contributed by atoms with Gasteiger partial charge in [0.1, 0.15) is 17.7 Å². The van der Waals surface area contributed by atoms with Gasteiger partial charge in [-0.1, -0.05) is 15.9 Å². The Hall–Kier alpha value is -1.27. The molecule has 0 amide bonds. The highest BCUT2D eigenvalue weighted by molar-refractivity contribution is 9.10. The van der Waals surface area contributed by atoms with Crippen LogP contribution in [0, 0.1) is 5.92 Å². The molecule has 0 atom stereocenters. The molecule has 0 spiro atoms. The number of benzene rings is 1. The number of hydrazone groups is 1. The number of nitrogens with zero attached hydrogens (tertiary/aromatic N) is 2. The Morgan fingerprint density at radius 3 is 2.50 bits per heavy atom. The predicted octanol–water partition coefficient (Wildman–Crippen LogP) is 1.68. The fraction of sp³-hybridized carbons (Fsp3) is 0.417. The van der Waals surface area contributed by atoms with Crippen LogP contribution >= 0.6 is 15.9 Å². The van der Waals surface area contributed by atoms with Gasteiger partial charge in [-0.3, -0.25) is 5.01 Å². The van der Waals surface area contributed by atoms with Crippen molar-refractivity contribution in [3.05, 3.63) is 28.7 Å². The Balaban J connectivity index is 1.85. The van der Waals surface area contributed by atoms with E-state index in [9.17, 15) is 0 Å². The number of hydrogen-bond acceptors (Lipinski definition) is 4. The van der Waals surface area contributed by atoms with Gasteiger partial charge in [0.05, 0.1) is 0 Å². The van der Waals surface area contributed by atoms with Gasteiger partial charge in [0, 0.05) is 17.4 Å². The molecule has 1 fully saturated rings.